The summed E-state index contributed by atoms with van der Waals surface area (Å²) in [5, 5.41) is 6.61. The van der Waals surface area contributed by atoms with Gasteiger partial charge in [-0.25, -0.2) is 4.98 Å². The topological polar surface area (TPSA) is 34.1 Å². The molecule has 0 unspecified atom stereocenters. The van der Waals surface area contributed by atoms with Crippen LogP contribution in [0.2, 0.25) is 0 Å². The first kappa shape index (κ1) is 12.0. The smallest absolute Gasteiger partial charge is 0.121 e. The summed E-state index contributed by atoms with van der Waals surface area (Å²) in [5.74, 6) is 0. The lowest BCUT2D eigenvalue weighted by Crippen LogP contribution is -2.34. The molecule has 1 aromatic heterocycles. The highest BCUT2D eigenvalue weighted by atomic mass is 32.1. The fourth-order valence-corrected chi connectivity index (χ4v) is 2.71. The first-order valence-corrected chi connectivity index (χ1v) is 6.98. The van der Waals surface area contributed by atoms with Crippen molar-refractivity contribution in [1.82, 2.24) is 10.3 Å². The summed E-state index contributed by atoms with van der Waals surface area (Å²) in [6.45, 7) is 4.08. The van der Waals surface area contributed by atoms with Gasteiger partial charge in [0.05, 0.1) is 0 Å². The zero-order chi connectivity index (χ0) is 11.2. The molecule has 2 heterocycles. The maximum atomic E-state index is 5.80. The number of piperidine rings is 1. The van der Waals surface area contributed by atoms with Crippen molar-refractivity contribution in [2.24, 2.45) is 0 Å². The Morgan fingerprint density at radius 3 is 3.25 bits per heavy atom. The Morgan fingerprint density at radius 2 is 2.56 bits per heavy atom. The molecule has 0 amide bonds. The second-order valence-corrected chi connectivity index (χ2v) is 5.25. The number of aromatic nitrogens is 1. The molecule has 90 valence electrons. The lowest BCUT2D eigenvalue weighted by molar-refractivity contribution is 0.0571. The Bertz CT molecular complexity index is 283. The number of ether oxygens (including phenoxy) is 1. The SMILES string of the molecule is C[C@@H](OCC[C@@H]1CCCCN1)c1nccs1. The van der Waals surface area contributed by atoms with Crippen molar-refractivity contribution in [3.8, 4) is 0 Å². The van der Waals surface area contributed by atoms with Crippen molar-refractivity contribution in [2.45, 2.75) is 44.8 Å². The summed E-state index contributed by atoms with van der Waals surface area (Å²) >= 11 is 1.67. The molecule has 0 radical (unpaired) electrons. The lowest BCUT2D eigenvalue weighted by atomic mass is 10.0. The third-order valence-corrected chi connectivity index (χ3v) is 3.98. The second-order valence-electron chi connectivity index (χ2n) is 4.32. The number of nitrogens with one attached hydrogen (secondary N) is 1. The average Bonchev–Trinajstić information content (AvgIpc) is 2.84. The second kappa shape index (κ2) is 6.33. The van der Waals surface area contributed by atoms with Gasteiger partial charge in [0, 0.05) is 24.2 Å². The predicted octanol–water partition coefficient (Wildman–Crippen LogP) is 2.75. The number of rotatable bonds is 5. The maximum Gasteiger partial charge on any atom is 0.121 e. The molecule has 0 bridgehead atoms. The standard InChI is InChI=1S/C12H20N2OS/c1-10(12-14-7-9-16-12)15-8-5-11-4-2-3-6-13-11/h7,9-11,13H,2-6,8H2,1H3/t10-,11+/m1/s1. The van der Waals surface area contributed by atoms with E-state index in [1.807, 2.05) is 11.6 Å². The molecule has 1 N–H and O–H groups in total. The van der Waals surface area contributed by atoms with E-state index in [1.165, 1.54) is 25.8 Å². The average molecular weight is 240 g/mol. The van der Waals surface area contributed by atoms with Gasteiger partial charge in [-0.05, 0) is 32.7 Å². The van der Waals surface area contributed by atoms with Gasteiger partial charge < -0.3 is 10.1 Å². The van der Waals surface area contributed by atoms with Crippen LogP contribution in [0, 0.1) is 0 Å². The third-order valence-electron chi connectivity index (χ3n) is 3.05. The van der Waals surface area contributed by atoms with E-state index in [-0.39, 0.29) is 6.10 Å². The van der Waals surface area contributed by atoms with Crippen LogP contribution in [-0.2, 0) is 4.74 Å². The Balaban J connectivity index is 1.63. The molecule has 2 atom stereocenters. The van der Waals surface area contributed by atoms with Crippen molar-refractivity contribution in [1.29, 1.82) is 0 Å². The molecule has 0 saturated carbocycles. The summed E-state index contributed by atoms with van der Waals surface area (Å²) in [6.07, 6.45) is 7.09. The van der Waals surface area contributed by atoms with Crippen LogP contribution in [-0.4, -0.2) is 24.2 Å². The molecule has 1 aromatic rings. The Hall–Kier alpha value is -0.450. The molecule has 1 fully saturated rings. The van der Waals surface area contributed by atoms with Crippen LogP contribution in [0.1, 0.15) is 43.7 Å². The fourth-order valence-electron chi connectivity index (χ4n) is 2.06. The Kier molecular flexibility index (Phi) is 4.75. The Labute approximate surface area is 101 Å². The van der Waals surface area contributed by atoms with Crippen molar-refractivity contribution in [3.05, 3.63) is 16.6 Å². The number of hydrogen-bond acceptors (Lipinski definition) is 4. The van der Waals surface area contributed by atoms with E-state index in [2.05, 4.69) is 17.2 Å². The molecule has 16 heavy (non-hydrogen) atoms. The van der Waals surface area contributed by atoms with Gasteiger partial charge in [-0.1, -0.05) is 6.42 Å². The predicted molar refractivity (Wildman–Crippen MR) is 66.7 cm³/mol. The molecule has 3 nitrogen and oxygen atoms in total. The molecule has 0 aliphatic carbocycles. The van der Waals surface area contributed by atoms with Crippen LogP contribution < -0.4 is 5.32 Å². The number of thiazole rings is 1. The lowest BCUT2D eigenvalue weighted by Gasteiger charge is -2.23. The highest BCUT2D eigenvalue weighted by molar-refractivity contribution is 7.09. The summed E-state index contributed by atoms with van der Waals surface area (Å²) < 4.78 is 5.80. The van der Waals surface area contributed by atoms with Gasteiger partial charge in [0.2, 0.25) is 0 Å². The van der Waals surface area contributed by atoms with Crippen molar-refractivity contribution >= 4 is 11.3 Å². The van der Waals surface area contributed by atoms with E-state index in [0.717, 1.165) is 18.0 Å². The molecule has 2 rings (SSSR count). The van der Waals surface area contributed by atoms with Crippen molar-refractivity contribution in [3.63, 3.8) is 0 Å². The molecular weight excluding hydrogens is 220 g/mol. The minimum absolute atomic E-state index is 0.142. The van der Waals surface area contributed by atoms with Crippen LogP contribution >= 0.6 is 11.3 Å². The van der Waals surface area contributed by atoms with Crippen molar-refractivity contribution in [2.75, 3.05) is 13.2 Å². The van der Waals surface area contributed by atoms with E-state index >= 15 is 0 Å². The quantitative estimate of drug-likeness (QED) is 0.859. The van der Waals surface area contributed by atoms with E-state index in [4.69, 9.17) is 4.74 Å². The number of nitrogens with zero attached hydrogens (tertiary/aromatic N) is 1. The van der Waals surface area contributed by atoms with Gasteiger partial charge in [-0.3, -0.25) is 0 Å². The molecule has 1 saturated heterocycles. The third kappa shape index (κ3) is 3.54. The van der Waals surface area contributed by atoms with Crippen LogP contribution in [0.4, 0.5) is 0 Å². The highest BCUT2D eigenvalue weighted by Gasteiger charge is 2.13. The van der Waals surface area contributed by atoms with Gasteiger partial charge in [0.15, 0.2) is 0 Å². The molecule has 4 heteroatoms. The van der Waals surface area contributed by atoms with E-state index in [0.29, 0.717) is 6.04 Å². The monoisotopic (exact) mass is 240 g/mol. The van der Waals surface area contributed by atoms with Gasteiger partial charge in [0.1, 0.15) is 11.1 Å². The highest BCUT2D eigenvalue weighted by Crippen LogP contribution is 2.19. The molecular formula is C12H20N2OS. The minimum atomic E-state index is 0.142. The van der Waals surface area contributed by atoms with Crippen LogP contribution in [0.15, 0.2) is 11.6 Å². The molecule has 0 spiro atoms. The summed E-state index contributed by atoms with van der Waals surface area (Å²) in [4.78, 5) is 4.26. The largest absolute Gasteiger partial charge is 0.371 e. The van der Waals surface area contributed by atoms with Crippen LogP contribution in [0.3, 0.4) is 0 Å². The van der Waals surface area contributed by atoms with E-state index in [1.54, 1.807) is 11.3 Å². The van der Waals surface area contributed by atoms with E-state index in [9.17, 15) is 0 Å². The molecule has 1 aliphatic heterocycles. The zero-order valence-corrected chi connectivity index (χ0v) is 10.6. The maximum absolute atomic E-state index is 5.80. The minimum Gasteiger partial charge on any atom is -0.371 e. The van der Waals surface area contributed by atoms with Gasteiger partial charge in [-0.15, -0.1) is 11.3 Å². The van der Waals surface area contributed by atoms with Crippen molar-refractivity contribution < 1.29 is 4.74 Å². The van der Waals surface area contributed by atoms with Gasteiger partial charge in [-0.2, -0.15) is 0 Å². The normalized spacial score (nSPS) is 23.2. The fraction of sp³-hybridized carbons (Fsp3) is 0.750. The summed E-state index contributed by atoms with van der Waals surface area (Å²) in [5.41, 5.74) is 0. The summed E-state index contributed by atoms with van der Waals surface area (Å²) in [6, 6.07) is 0.664. The van der Waals surface area contributed by atoms with Gasteiger partial charge in [0.25, 0.3) is 0 Å². The molecule has 0 aromatic carbocycles. The zero-order valence-electron chi connectivity index (χ0n) is 9.82. The summed E-state index contributed by atoms with van der Waals surface area (Å²) in [7, 11) is 0. The first-order chi connectivity index (χ1) is 7.86. The molecule has 1 aliphatic rings. The van der Waals surface area contributed by atoms with Gasteiger partial charge >= 0.3 is 0 Å². The van der Waals surface area contributed by atoms with Crippen LogP contribution in [0.25, 0.3) is 0 Å². The van der Waals surface area contributed by atoms with E-state index < -0.39 is 0 Å². The first-order valence-electron chi connectivity index (χ1n) is 6.10. The van der Waals surface area contributed by atoms with Crippen LogP contribution in [0.5, 0.6) is 0 Å². The number of hydrogen-bond donors (Lipinski definition) is 1. The Morgan fingerprint density at radius 1 is 1.62 bits per heavy atom.